The van der Waals surface area contributed by atoms with Crippen molar-refractivity contribution in [2.45, 2.75) is 18.9 Å². The Bertz CT molecular complexity index is 671. The molecule has 3 heteroatoms. The summed E-state index contributed by atoms with van der Waals surface area (Å²) in [5.41, 5.74) is 3.02. The zero-order valence-corrected chi connectivity index (χ0v) is 13.9. The minimum Gasteiger partial charge on any atom is -0.349 e. The van der Waals surface area contributed by atoms with E-state index in [0.29, 0.717) is 0 Å². The number of nitrogens with zero attached hydrogens (tertiary/aromatic N) is 1. The van der Waals surface area contributed by atoms with Crippen molar-refractivity contribution < 1.29 is 4.79 Å². The molecule has 1 N–H and O–H groups in total. The lowest BCUT2D eigenvalue weighted by Crippen LogP contribution is -2.44. The van der Waals surface area contributed by atoms with Crippen LogP contribution in [-0.2, 0) is 0 Å². The minimum atomic E-state index is 0.0248. The van der Waals surface area contributed by atoms with Crippen LogP contribution in [0.25, 0.3) is 11.1 Å². The molecule has 3 rings (SSSR count). The lowest BCUT2D eigenvalue weighted by atomic mass is 10.0. The molecule has 1 saturated heterocycles. The number of carbonyl (C=O) groups excluding carboxylic acids is 1. The van der Waals surface area contributed by atoms with Gasteiger partial charge in [0.15, 0.2) is 0 Å². The first-order valence-electron chi connectivity index (χ1n) is 8.56. The van der Waals surface area contributed by atoms with Gasteiger partial charge in [-0.1, -0.05) is 48.5 Å². The Morgan fingerprint density at radius 3 is 2.29 bits per heavy atom. The summed E-state index contributed by atoms with van der Waals surface area (Å²) in [6, 6.07) is 18.3. The Labute approximate surface area is 144 Å². The molecule has 1 amide bonds. The second-order valence-electron chi connectivity index (χ2n) is 6.28. The molecule has 1 fully saturated rings. The van der Waals surface area contributed by atoms with Crippen molar-refractivity contribution >= 4 is 5.91 Å². The fraction of sp³-hybridized carbons (Fsp3) is 0.286. The third-order valence-corrected chi connectivity index (χ3v) is 4.56. The first-order valence-corrected chi connectivity index (χ1v) is 8.56. The van der Waals surface area contributed by atoms with Gasteiger partial charge in [-0.05, 0) is 36.1 Å². The van der Waals surface area contributed by atoms with Crippen LogP contribution in [0.3, 0.4) is 0 Å². The average Bonchev–Trinajstić information content (AvgIpc) is 2.64. The van der Waals surface area contributed by atoms with Gasteiger partial charge in [-0.2, -0.15) is 0 Å². The number of carbonyl (C=O) groups is 1. The summed E-state index contributed by atoms with van der Waals surface area (Å²) < 4.78 is 0. The fourth-order valence-corrected chi connectivity index (χ4v) is 3.16. The van der Waals surface area contributed by atoms with E-state index in [2.05, 4.69) is 28.9 Å². The second kappa shape index (κ2) is 7.93. The Hall–Kier alpha value is -2.39. The molecule has 0 atom stereocenters. The van der Waals surface area contributed by atoms with E-state index in [-0.39, 0.29) is 11.9 Å². The summed E-state index contributed by atoms with van der Waals surface area (Å²) in [4.78, 5) is 14.8. The van der Waals surface area contributed by atoms with E-state index in [0.717, 1.165) is 43.6 Å². The molecule has 1 heterocycles. The number of hydrogen-bond acceptors (Lipinski definition) is 2. The summed E-state index contributed by atoms with van der Waals surface area (Å²) in [5, 5.41) is 3.17. The van der Waals surface area contributed by atoms with Gasteiger partial charge in [0.2, 0.25) is 0 Å². The van der Waals surface area contributed by atoms with Crippen LogP contribution in [0, 0.1) is 0 Å². The number of nitrogens with one attached hydrogen (secondary N) is 1. The highest BCUT2D eigenvalue weighted by Crippen LogP contribution is 2.19. The molecule has 3 nitrogen and oxygen atoms in total. The van der Waals surface area contributed by atoms with Crippen LogP contribution in [0.4, 0.5) is 0 Å². The predicted molar refractivity (Wildman–Crippen MR) is 99.0 cm³/mol. The molecule has 0 radical (unpaired) electrons. The highest BCUT2D eigenvalue weighted by Gasteiger charge is 2.20. The zero-order valence-electron chi connectivity index (χ0n) is 13.9. The molecular weight excluding hydrogens is 296 g/mol. The molecule has 2 aromatic carbocycles. The van der Waals surface area contributed by atoms with E-state index in [1.54, 1.807) is 0 Å². The number of benzene rings is 2. The standard InChI is InChI=1S/C21H24N2O/c1-2-14-23-15-12-20(13-16-23)22-21(24)19-10-8-18(9-11-19)17-6-4-3-5-7-17/h2-11,20H,1,12-16H2,(H,22,24). The lowest BCUT2D eigenvalue weighted by Gasteiger charge is -2.31. The van der Waals surface area contributed by atoms with Gasteiger partial charge in [0, 0.05) is 31.2 Å². The van der Waals surface area contributed by atoms with Crippen LogP contribution < -0.4 is 5.32 Å². The molecule has 1 aliphatic heterocycles. The van der Waals surface area contributed by atoms with Crippen LogP contribution in [-0.4, -0.2) is 36.5 Å². The summed E-state index contributed by atoms with van der Waals surface area (Å²) in [6.45, 7) is 6.75. The molecule has 24 heavy (non-hydrogen) atoms. The Morgan fingerprint density at radius 1 is 1.04 bits per heavy atom. The number of amides is 1. The van der Waals surface area contributed by atoms with Crippen molar-refractivity contribution in [3.8, 4) is 11.1 Å². The topological polar surface area (TPSA) is 32.3 Å². The maximum atomic E-state index is 12.4. The molecule has 1 aliphatic rings. The molecule has 0 bridgehead atoms. The van der Waals surface area contributed by atoms with Gasteiger partial charge in [-0.25, -0.2) is 0 Å². The van der Waals surface area contributed by atoms with Crippen molar-refractivity contribution in [3.63, 3.8) is 0 Å². The predicted octanol–water partition coefficient (Wildman–Crippen LogP) is 3.73. The molecule has 0 aromatic heterocycles. The largest absolute Gasteiger partial charge is 0.349 e. The molecule has 0 aliphatic carbocycles. The van der Waals surface area contributed by atoms with Crippen LogP contribution in [0.2, 0.25) is 0 Å². The second-order valence-corrected chi connectivity index (χ2v) is 6.28. The monoisotopic (exact) mass is 320 g/mol. The van der Waals surface area contributed by atoms with Crippen molar-refractivity contribution in [2.24, 2.45) is 0 Å². The van der Waals surface area contributed by atoms with Gasteiger partial charge in [0.05, 0.1) is 0 Å². The van der Waals surface area contributed by atoms with Crippen LogP contribution in [0.1, 0.15) is 23.2 Å². The van der Waals surface area contributed by atoms with E-state index < -0.39 is 0 Å². The summed E-state index contributed by atoms with van der Waals surface area (Å²) in [6.07, 6.45) is 3.94. The average molecular weight is 320 g/mol. The highest BCUT2D eigenvalue weighted by atomic mass is 16.1. The van der Waals surface area contributed by atoms with Crippen molar-refractivity contribution in [2.75, 3.05) is 19.6 Å². The number of piperidine rings is 1. The molecule has 0 saturated carbocycles. The van der Waals surface area contributed by atoms with E-state index in [1.165, 1.54) is 5.56 Å². The van der Waals surface area contributed by atoms with Gasteiger partial charge in [0.1, 0.15) is 0 Å². The van der Waals surface area contributed by atoms with Crippen molar-refractivity contribution in [3.05, 3.63) is 72.8 Å². The normalized spacial score (nSPS) is 15.8. The molecule has 0 spiro atoms. The van der Waals surface area contributed by atoms with E-state index >= 15 is 0 Å². The lowest BCUT2D eigenvalue weighted by molar-refractivity contribution is 0.0914. The van der Waals surface area contributed by atoms with Gasteiger partial charge in [-0.15, -0.1) is 6.58 Å². The fourth-order valence-electron chi connectivity index (χ4n) is 3.16. The summed E-state index contributed by atoms with van der Waals surface area (Å²) in [5.74, 6) is 0.0248. The molecular formula is C21H24N2O. The summed E-state index contributed by atoms with van der Waals surface area (Å²) >= 11 is 0. The smallest absolute Gasteiger partial charge is 0.251 e. The van der Waals surface area contributed by atoms with Crippen molar-refractivity contribution in [1.82, 2.24) is 10.2 Å². The Balaban J connectivity index is 1.57. The van der Waals surface area contributed by atoms with E-state index in [4.69, 9.17) is 0 Å². The van der Waals surface area contributed by atoms with Gasteiger partial charge in [0.25, 0.3) is 5.91 Å². The highest BCUT2D eigenvalue weighted by molar-refractivity contribution is 5.94. The van der Waals surface area contributed by atoms with Crippen LogP contribution in [0.15, 0.2) is 67.3 Å². The van der Waals surface area contributed by atoms with Crippen LogP contribution >= 0.6 is 0 Å². The Morgan fingerprint density at radius 2 is 1.67 bits per heavy atom. The quantitative estimate of drug-likeness (QED) is 0.851. The molecule has 124 valence electrons. The van der Waals surface area contributed by atoms with Gasteiger partial charge in [-0.3, -0.25) is 9.69 Å². The van der Waals surface area contributed by atoms with E-state index in [1.807, 2.05) is 48.5 Å². The van der Waals surface area contributed by atoms with Crippen LogP contribution in [0.5, 0.6) is 0 Å². The SMILES string of the molecule is C=CCN1CCC(NC(=O)c2ccc(-c3ccccc3)cc2)CC1. The Kier molecular flexibility index (Phi) is 5.44. The third-order valence-electron chi connectivity index (χ3n) is 4.56. The number of rotatable bonds is 5. The minimum absolute atomic E-state index is 0.0248. The first-order chi connectivity index (χ1) is 11.8. The summed E-state index contributed by atoms with van der Waals surface area (Å²) in [7, 11) is 0. The van der Waals surface area contributed by atoms with Crippen molar-refractivity contribution in [1.29, 1.82) is 0 Å². The third kappa shape index (κ3) is 4.12. The maximum Gasteiger partial charge on any atom is 0.251 e. The van der Waals surface area contributed by atoms with Gasteiger partial charge < -0.3 is 5.32 Å². The molecule has 0 unspecified atom stereocenters. The zero-order chi connectivity index (χ0) is 16.8. The van der Waals surface area contributed by atoms with E-state index in [9.17, 15) is 4.79 Å². The maximum absolute atomic E-state index is 12.4. The molecule has 2 aromatic rings. The first kappa shape index (κ1) is 16.5. The number of hydrogen-bond donors (Lipinski definition) is 1. The van der Waals surface area contributed by atoms with Gasteiger partial charge >= 0.3 is 0 Å². The number of likely N-dealkylation sites (tertiary alicyclic amines) is 1.